The molecule has 0 aliphatic carbocycles. The van der Waals surface area contributed by atoms with Gasteiger partial charge < -0.3 is 4.57 Å². The third kappa shape index (κ3) is 3.66. The average molecular weight is 418 g/mol. The van der Waals surface area contributed by atoms with Crippen molar-refractivity contribution in [2.75, 3.05) is 0 Å². The molecule has 6 heteroatoms. The summed E-state index contributed by atoms with van der Waals surface area (Å²) in [5, 5.41) is 3.82. The van der Waals surface area contributed by atoms with Gasteiger partial charge in [0.2, 0.25) is 0 Å². The number of carbonyl (C=O) groups is 2. The molecule has 0 saturated carbocycles. The van der Waals surface area contributed by atoms with Gasteiger partial charge in [-0.2, -0.15) is 0 Å². The first-order valence-electron chi connectivity index (χ1n) is 10.0. The highest BCUT2D eigenvalue weighted by molar-refractivity contribution is 7.80. The van der Waals surface area contributed by atoms with E-state index >= 15 is 0 Å². The molecule has 152 valence electrons. The molecule has 1 fully saturated rings. The molecular weight excluding hydrogens is 394 g/mol. The second-order valence-corrected chi connectivity index (χ2v) is 7.85. The highest BCUT2D eigenvalue weighted by atomic mass is 32.1. The number of aromatic nitrogens is 1. The Morgan fingerprint density at radius 1 is 1.07 bits per heavy atom. The topological polar surface area (TPSA) is 54.3 Å². The summed E-state index contributed by atoms with van der Waals surface area (Å²) < 4.78 is 2.14. The average Bonchev–Trinajstić information content (AvgIpc) is 3.09. The highest BCUT2D eigenvalue weighted by Gasteiger charge is 2.35. The molecule has 2 aromatic carbocycles. The Labute approximate surface area is 181 Å². The lowest BCUT2D eigenvalue weighted by Crippen LogP contribution is -2.56. The summed E-state index contributed by atoms with van der Waals surface area (Å²) in [7, 11) is 0. The Morgan fingerprint density at radius 3 is 2.50 bits per heavy atom. The van der Waals surface area contributed by atoms with Gasteiger partial charge in [-0.1, -0.05) is 55.5 Å². The van der Waals surface area contributed by atoms with Gasteiger partial charge in [0.25, 0.3) is 11.8 Å². The first-order valence-corrected chi connectivity index (χ1v) is 10.4. The van der Waals surface area contributed by atoms with Gasteiger partial charge in [-0.15, -0.1) is 0 Å². The summed E-state index contributed by atoms with van der Waals surface area (Å²) >= 11 is 5.24. The number of para-hydroxylation sites is 1. The molecule has 1 aromatic heterocycles. The van der Waals surface area contributed by atoms with Crippen LogP contribution in [0.25, 0.3) is 17.0 Å². The number of carbonyl (C=O) groups excluding carboxylic acids is 2. The van der Waals surface area contributed by atoms with E-state index in [9.17, 15) is 9.59 Å². The molecule has 2 amide bonds. The minimum atomic E-state index is -0.454. The number of nitrogens with one attached hydrogen (secondary N) is 1. The largest absolute Gasteiger partial charge is 0.342 e. The lowest BCUT2D eigenvalue weighted by atomic mass is 10.1. The molecule has 0 bridgehead atoms. The molecule has 1 atom stereocenters. The fraction of sp³-hybridized carbons (Fsp3) is 0.208. The molecule has 4 rings (SSSR count). The number of fused-ring (bicyclic) bond motifs is 1. The van der Waals surface area contributed by atoms with Crippen molar-refractivity contribution in [2.24, 2.45) is 0 Å². The van der Waals surface area contributed by atoms with Crippen LogP contribution < -0.4 is 5.32 Å². The van der Waals surface area contributed by atoms with E-state index in [2.05, 4.69) is 22.0 Å². The van der Waals surface area contributed by atoms with E-state index in [-0.39, 0.29) is 22.6 Å². The summed E-state index contributed by atoms with van der Waals surface area (Å²) in [6, 6.07) is 18.1. The third-order valence-electron chi connectivity index (χ3n) is 5.48. The van der Waals surface area contributed by atoms with Crippen LogP contribution in [-0.2, 0) is 16.1 Å². The quantitative estimate of drug-likeness (QED) is 0.386. The first-order chi connectivity index (χ1) is 14.5. The Hall–Kier alpha value is -3.25. The number of rotatable bonds is 5. The third-order valence-corrected chi connectivity index (χ3v) is 5.78. The second kappa shape index (κ2) is 8.24. The molecule has 5 nitrogen and oxygen atoms in total. The molecule has 1 aliphatic heterocycles. The molecule has 0 unspecified atom stereocenters. The summed E-state index contributed by atoms with van der Waals surface area (Å²) in [6.07, 6.45) is 4.41. The van der Waals surface area contributed by atoms with Gasteiger partial charge in [0.05, 0.1) is 0 Å². The maximum absolute atomic E-state index is 13.1. The van der Waals surface area contributed by atoms with Gasteiger partial charge >= 0.3 is 0 Å². The van der Waals surface area contributed by atoms with Crippen molar-refractivity contribution in [1.29, 1.82) is 0 Å². The van der Waals surface area contributed by atoms with Crippen LogP contribution in [0.2, 0.25) is 0 Å². The van der Waals surface area contributed by atoms with E-state index in [0.29, 0.717) is 6.54 Å². The van der Waals surface area contributed by atoms with Crippen LogP contribution in [0.5, 0.6) is 0 Å². The fourth-order valence-electron chi connectivity index (χ4n) is 3.71. The predicted octanol–water partition coefficient (Wildman–Crippen LogP) is 4.11. The van der Waals surface area contributed by atoms with Crippen LogP contribution in [0, 0.1) is 0 Å². The van der Waals surface area contributed by atoms with E-state index in [1.165, 1.54) is 10.5 Å². The van der Waals surface area contributed by atoms with Gasteiger partial charge in [-0.25, -0.2) is 0 Å². The van der Waals surface area contributed by atoms with Gasteiger partial charge in [0, 0.05) is 35.2 Å². The van der Waals surface area contributed by atoms with Crippen LogP contribution in [0.3, 0.4) is 0 Å². The van der Waals surface area contributed by atoms with E-state index < -0.39 is 5.91 Å². The Morgan fingerprint density at radius 2 is 1.77 bits per heavy atom. The van der Waals surface area contributed by atoms with Crippen molar-refractivity contribution < 1.29 is 9.59 Å². The SMILES string of the molecule is CC[C@H](C)N1C(=O)/C(=C/c2cn(Cc3ccccc3)c3ccccc23)C(=O)NC1=S. The maximum atomic E-state index is 13.1. The second-order valence-electron chi connectivity index (χ2n) is 7.46. The van der Waals surface area contributed by atoms with E-state index in [1.807, 2.05) is 62.5 Å². The minimum Gasteiger partial charge on any atom is -0.342 e. The Kier molecular flexibility index (Phi) is 5.50. The number of hydrogen-bond acceptors (Lipinski definition) is 3. The number of thiocarbonyl (C=S) groups is 1. The zero-order valence-corrected chi connectivity index (χ0v) is 17.8. The maximum Gasteiger partial charge on any atom is 0.265 e. The lowest BCUT2D eigenvalue weighted by molar-refractivity contribution is -0.130. The van der Waals surface area contributed by atoms with Crippen LogP contribution in [0.4, 0.5) is 0 Å². The summed E-state index contributed by atoms with van der Waals surface area (Å²) in [5.41, 5.74) is 3.16. The molecule has 3 aromatic rings. The van der Waals surface area contributed by atoms with Crippen molar-refractivity contribution in [3.8, 4) is 0 Å². The summed E-state index contributed by atoms with van der Waals surface area (Å²) in [4.78, 5) is 27.2. The van der Waals surface area contributed by atoms with Crippen LogP contribution in [0.1, 0.15) is 31.4 Å². The lowest BCUT2D eigenvalue weighted by Gasteiger charge is -2.33. The van der Waals surface area contributed by atoms with Crippen LogP contribution in [-0.4, -0.2) is 32.4 Å². The standard InChI is InChI=1S/C24H23N3O2S/c1-3-16(2)27-23(29)20(22(28)25-24(27)30)13-18-15-26(14-17-9-5-4-6-10-17)21-12-8-7-11-19(18)21/h4-13,15-16H,3,14H2,1-2H3,(H,25,28,30)/b20-13+/t16-/m0/s1. The first kappa shape index (κ1) is 20.0. The molecule has 2 heterocycles. The molecular formula is C24H23N3O2S. The van der Waals surface area contributed by atoms with Gasteiger partial charge in [-0.05, 0) is 43.3 Å². The molecule has 1 aliphatic rings. The molecule has 1 saturated heterocycles. The summed E-state index contributed by atoms with van der Waals surface area (Å²) in [6.45, 7) is 4.61. The molecule has 0 spiro atoms. The number of amides is 2. The summed E-state index contributed by atoms with van der Waals surface area (Å²) in [5.74, 6) is -0.803. The number of benzene rings is 2. The highest BCUT2D eigenvalue weighted by Crippen LogP contribution is 2.26. The molecule has 30 heavy (non-hydrogen) atoms. The van der Waals surface area contributed by atoms with Crippen LogP contribution >= 0.6 is 12.2 Å². The van der Waals surface area contributed by atoms with Crippen molar-refractivity contribution in [3.05, 3.63) is 77.5 Å². The van der Waals surface area contributed by atoms with E-state index in [1.54, 1.807) is 6.08 Å². The molecule has 1 N–H and O–H groups in total. The van der Waals surface area contributed by atoms with E-state index in [0.717, 1.165) is 22.9 Å². The van der Waals surface area contributed by atoms with Gasteiger partial charge in [0.15, 0.2) is 5.11 Å². The zero-order valence-electron chi connectivity index (χ0n) is 17.0. The fourth-order valence-corrected chi connectivity index (χ4v) is 4.07. The minimum absolute atomic E-state index is 0.0894. The van der Waals surface area contributed by atoms with Crippen LogP contribution in [0.15, 0.2) is 66.4 Å². The van der Waals surface area contributed by atoms with Crippen molar-refractivity contribution in [3.63, 3.8) is 0 Å². The normalized spacial score (nSPS) is 16.9. The Balaban J connectivity index is 1.77. The van der Waals surface area contributed by atoms with Gasteiger partial charge in [0.1, 0.15) is 5.57 Å². The zero-order chi connectivity index (χ0) is 21.3. The Bertz CT molecular complexity index is 1160. The number of hydrogen-bond donors (Lipinski definition) is 1. The predicted molar refractivity (Wildman–Crippen MR) is 123 cm³/mol. The van der Waals surface area contributed by atoms with Crippen molar-refractivity contribution in [2.45, 2.75) is 32.9 Å². The van der Waals surface area contributed by atoms with E-state index in [4.69, 9.17) is 12.2 Å². The van der Waals surface area contributed by atoms with Crippen molar-refractivity contribution in [1.82, 2.24) is 14.8 Å². The molecule has 0 radical (unpaired) electrons. The number of nitrogens with zero attached hydrogens (tertiary/aromatic N) is 2. The van der Waals surface area contributed by atoms with Gasteiger partial charge in [-0.3, -0.25) is 19.8 Å². The smallest absolute Gasteiger partial charge is 0.265 e. The van der Waals surface area contributed by atoms with Crippen molar-refractivity contribution >= 4 is 46.1 Å². The monoisotopic (exact) mass is 417 g/mol.